The molecular weight excluding hydrogens is 869 g/mol. The predicted molar refractivity (Wildman–Crippen MR) is 231 cm³/mol. The summed E-state index contributed by atoms with van der Waals surface area (Å²) in [7, 11) is -17.6. The van der Waals surface area contributed by atoms with Crippen LogP contribution < -0.4 is 9.64 Å². The van der Waals surface area contributed by atoms with E-state index in [2.05, 4.69) is 0 Å². The molecule has 0 saturated heterocycles. The van der Waals surface area contributed by atoms with Crippen LogP contribution in [0.25, 0.3) is 0 Å². The number of rotatable bonds is 15. The molecule has 6 rings (SSSR count). The number of hydrogen-bond acceptors (Lipinski definition) is 10. The zero-order valence-electron chi connectivity index (χ0n) is 34.0. The second-order valence-electron chi connectivity index (χ2n) is 16.2. The van der Waals surface area contributed by atoms with E-state index in [1.165, 1.54) is 24.3 Å². The predicted octanol–water partition coefficient (Wildman–Crippen LogP) is 6.79. The Morgan fingerprint density at radius 1 is 0.705 bits per heavy atom. The molecule has 0 saturated carbocycles. The second-order valence-corrected chi connectivity index (χ2v) is 22.2. The molecule has 19 heteroatoms. The quantitative estimate of drug-likeness (QED) is 0.0908. The van der Waals surface area contributed by atoms with Crippen molar-refractivity contribution < 1.29 is 61.2 Å². The Labute approximate surface area is 357 Å². The minimum atomic E-state index is -4.54. The van der Waals surface area contributed by atoms with Crippen molar-refractivity contribution in [2.45, 2.75) is 80.4 Å². The van der Waals surface area contributed by atoms with Crippen molar-refractivity contribution in [2.24, 2.45) is 0 Å². The van der Waals surface area contributed by atoms with Gasteiger partial charge in [-0.05, 0) is 111 Å². The number of ether oxygens (including phenoxy) is 1. The maximum Gasteiger partial charge on any atom is 0.294 e. The zero-order valence-corrected chi connectivity index (χ0v) is 37.3. The molecule has 3 aromatic carbocycles. The lowest BCUT2D eigenvalue weighted by Gasteiger charge is -2.27. The second kappa shape index (κ2) is 17.0. The van der Waals surface area contributed by atoms with Gasteiger partial charge in [0.15, 0.2) is 5.71 Å². The van der Waals surface area contributed by atoms with Crippen molar-refractivity contribution in [3.63, 3.8) is 0 Å². The van der Waals surface area contributed by atoms with E-state index in [9.17, 15) is 51.9 Å². The van der Waals surface area contributed by atoms with Crippen LogP contribution in [0.4, 0.5) is 11.4 Å². The molecular formula is C42H49N2O13S4+. The van der Waals surface area contributed by atoms with Crippen molar-refractivity contribution in [3.05, 3.63) is 125 Å². The van der Waals surface area contributed by atoms with Gasteiger partial charge in [-0.1, -0.05) is 38.1 Å². The Bertz CT molecular complexity index is 2860. The third-order valence-corrected chi connectivity index (χ3v) is 14.5. The number of allylic oxidation sites excluding steroid dienone is 7. The third kappa shape index (κ3) is 10.4. The van der Waals surface area contributed by atoms with Gasteiger partial charge in [0.1, 0.15) is 18.1 Å². The van der Waals surface area contributed by atoms with Crippen LogP contribution in [0.3, 0.4) is 0 Å². The summed E-state index contributed by atoms with van der Waals surface area (Å²) in [6, 6.07) is 17.6. The van der Waals surface area contributed by atoms with Crippen LogP contribution >= 0.6 is 0 Å². The van der Waals surface area contributed by atoms with E-state index < -0.39 is 62.8 Å². The first-order valence-corrected chi connectivity index (χ1v) is 25.5. The normalized spacial score (nSPS) is 19.3. The monoisotopic (exact) mass is 917 g/mol. The summed E-state index contributed by atoms with van der Waals surface area (Å²) in [5.41, 5.74) is 3.76. The van der Waals surface area contributed by atoms with Gasteiger partial charge in [-0.3, -0.25) is 18.2 Å². The first-order chi connectivity index (χ1) is 28.3. The fraction of sp³-hybridized carbons (Fsp3) is 0.357. The van der Waals surface area contributed by atoms with Gasteiger partial charge >= 0.3 is 0 Å². The smallest absolute Gasteiger partial charge is 0.294 e. The van der Waals surface area contributed by atoms with Crippen LogP contribution in [0.15, 0.2) is 123 Å². The Morgan fingerprint density at radius 3 is 1.93 bits per heavy atom. The Kier molecular flexibility index (Phi) is 12.8. The Morgan fingerprint density at radius 2 is 1.31 bits per heavy atom. The molecule has 0 fully saturated rings. The summed E-state index contributed by atoms with van der Waals surface area (Å²) >= 11 is 0. The zero-order chi connectivity index (χ0) is 44.8. The van der Waals surface area contributed by atoms with Gasteiger partial charge in [0.25, 0.3) is 40.5 Å². The Hall–Kier alpha value is -4.47. The van der Waals surface area contributed by atoms with E-state index in [4.69, 9.17) is 4.74 Å². The average molecular weight is 918 g/mol. The minimum absolute atomic E-state index is 0.0581. The lowest BCUT2D eigenvalue weighted by atomic mass is 9.81. The van der Waals surface area contributed by atoms with Crippen LogP contribution in [0.5, 0.6) is 5.75 Å². The number of para-hydroxylation sites is 1. The fourth-order valence-electron chi connectivity index (χ4n) is 8.24. The van der Waals surface area contributed by atoms with Gasteiger partial charge in [0, 0.05) is 47.5 Å². The Balaban J connectivity index is 1.47. The van der Waals surface area contributed by atoms with E-state index in [0.717, 1.165) is 11.1 Å². The summed E-state index contributed by atoms with van der Waals surface area (Å²) in [5.74, 6) is 0.133. The maximum atomic E-state index is 12.2. The number of benzene rings is 3. The SMILES string of the molecule is CC1(C)C(/C=C/C2=C(Oc3ccccc3)C(=C/C=C3\N(CCCS(=O)(=O)O)c4ccc(S(=O)(=O)O)cc4C3(C)C)/CCC2)=[N+](CCCS(=O)(=O)O)c2ccc(S(=O)(=O)O)cc21. The van der Waals surface area contributed by atoms with E-state index in [-0.39, 0.29) is 35.7 Å². The molecule has 3 aromatic rings. The van der Waals surface area contributed by atoms with E-state index >= 15 is 0 Å². The molecule has 0 radical (unpaired) electrons. The van der Waals surface area contributed by atoms with Gasteiger partial charge in [-0.15, -0.1) is 0 Å². The van der Waals surface area contributed by atoms with Crippen LogP contribution in [0, 0.1) is 0 Å². The topological polar surface area (TPSA) is 233 Å². The molecule has 2 heterocycles. The molecule has 2 aliphatic heterocycles. The molecule has 3 aliphatic rings. The van der Waals surface area contributed by atoms with Crippen LogP contribution in [-0.2, 0) is 51.3 Å². The molecule has 0 bridgehead atoms. The highest BCUT2D eigenvalue weighted by atomic mass is 32.2. The van der Waals surface area contributed by atoms with Crippen molar-refractivity contribution in [1.82, 2.24) is 0 Å². The minimum Gasteiger partial charge on any atom is -0.457 e. The highest BCUT2D eigenvalue weighted by Crippen LogP contribution is 2.49. The maximum absolute atomic E-state index is 12.2. The number of hydrogen-bond donors (Lipinski definition) is 4. The molecule has 1 aliphatic carbocycles. The fourth-order valence-corrected chi connectivity index (χ4v) is 10.2. The van der Waals surface area contributed by atoms with E-state index in [1.807, 2.05) is 91.8 Å². The molecule has 4 N–H and O–H groups in total. The lowest BCUT2D eigenvalue weighted by molar-refractivity contribution is -0.437. The van der Waals surface area contributed by atoms with Gasteiger partial charge in [0.05, 0.1) is 26.7 Å². The van der Waals surface area contributed by atoms with Gasteiger partial charge in [-0.25, -0.2) is 0 Å². The van der Waals surface area contributed by atoms with Crippen LogP contribution in [0.1, 0.15) is 70.9 Å². The summed E-state index contributed by atoms with van der Waals surface area (Å²) in [6.07, 6.45) is 9.61. The average Bonchev–Trinajstić information content (AvgIpc) is 3.49. The summed E-state index contributed by atoms with van der Waals surface area (Å²) < 4.78 is 142. The number of anilines is 1. The highest BCUT2D eigenvalue weighted by Gasteiger charge is 2.45. The molecule has 328 valence electrons. The van der Waals surface area contributed by atoms with Crippen molar-refractivity contribution >= 4 is 57.6 Å². The molecule has 0 aromatic heterocycles. The van der Waals surface area contributed by atoms with Crippen LogP contribution in [0.2, 0.25) is 0 Å². The van der Waals surface area contributed by atoms with Crippen LogP contribution in [-0.4, -0.2) is 86.8 Å². The number of nitrogens with zero attached hydrogens (tertiary/aromatic N) is 2. The third-order valence-electron chi connectivity index (χ3n) is 11.2. The highest BCUT2D eigenvalue weighted by molar-refractivity contribution is 7.86. The summed E-state index contributed by atoms with van der Waals surface area (Å²) in [6.45, 7) is 7.88. The summed E-state index contributed by atoms with van der Waals surface area (Å²) in [5, 5.41) is 0. The first-order valence-electron chi connectivity index (χ1n) is 19.4. The summed E-state index contributed by atoms with van der Waals surface area (Å²) in [4.78, 5) is 1.30. The lowest BCUT2D eigenvalue weighted by Crippen LogP contribution is -2.28. The van der Waals surface area contributed by atoms with Gasteiger partial charge < -0.3 is 9.64 Å². The first kappa shape index (κ1) is 46.0. The van der Waals surface area contributed by atoms with Gasteiger partial charge in [-0.2, -0.15) is 38.2 Å². The van der Waals surface area contributed by atoms with Gasteiger partial charge in [0.2, 0.25) is 5.69 Å². The van der Waals surface area contributed by atoms with Crippen molar-refractivity contribution in [2.75, 3.05) is 29.5 Å². The molecule has 0 amide bonds. The number of fused-ring (bicyclic) bond motifs is 2. The molecule has 0 spiro atoms. The van der Waals surface area contributed by atoms with E-state index in [0.29, 0.717) is 64.7 Å². The molecule has 0 unspecified atom stereocenters. The van der Waals surface area contributed by atoms with E-state index in [1.54, 1.807) is 12.1 Å². The molecule has 61 heavy (non-hydrogen) atoms. The van der Waals surface area contributed by atoms with Crippen molar-refractivity contribution in [1.29, 1.82) is 0 Å². The van der Waals surface area contributed by atoms with Crippen molar-refractivity contribution in [3.8, 4) is 5.75 Å². The standard InChI is InChI=1S/C42H48N2O13S4/c1-41(2)34-27-32(60(51,52)53)17-19-36(34)43(23-9-25-58(45,46)47)38(41)21-15-29-11-8-12-30(40(29)57-31-13-6-5-7-14-31)16-22-39-42(3,4)35-28-33(61(54,55)56)18-20-37(35)44(39)24-10-26-59(48,49)50/h5-7,13-22,27-28H,8-12,23-26H2,1-4H3,(H3-,45,46,47,48,49,50,51,52,53,54,55,56)/p+1. The molecule has 0 atom stereocenters. The molecule has 15 nitrogen and oxygen atoms in total. The largest absolute Gasteiger partial charge is 0.457 e.